The number of hydrogen-bond donors (Lipinski definition) is 1. The SMILES string of the molecule is CCC(C)(OC)C(=O)N1CCC(OCCCN)CC1. The van der Waals surface area contributed by atoms with Crippen molar-refractivity contribution in [1.29, 1.82) is 0 Å². The Bertz CT molecular complexity index is 272. The highest BCUT2D eigenvalue weighted by Crippen LogP contribution is 2.22. The molecule has 0 aliphatic carbocycles. The Morgan fingerprint density at radius 2 is 2.05 bits per heavy atom. The third-order valence-corrected chi connectivity index (χ3v) is 4.01. The van der Waals surface area contributed by atoms with Crippen LogP contribution in [-0.2, 0) is 14.3 Å². The van der Waals surface area contributed by atoms with Gasteiger partial charge in [0.1, 0.15) is 5.60 Å². The fourth-order valence-electron chi connectivity index (χ4n) is 2.28. The van der Waals surface area contributed by atoms with Crippen molar-refractivity contribution in [2.24, 2.45) is 5.73 Å². The van der Waals surface area contributed by atoms with Gasteiger partial charge in [0.25, 0.3) is 5.91 Å². The fraction of sp³-hybridized carbons (Fsp3) is 0.929. The Kier molecular flexibility index (Phi) is 6.75. The number of amides is 1. The molecule has 1 unspecified atom stereocenters. The molecule has 1 rings (SSSR count). The highest BCUT2D eigenvalue weighted by atomic mass is 16.5. The van der Waals surface area contributed by atoms with Crippen molar-refractivity contribution in [3.8, 4) is 0 Å². The molecule has 1 aliphatic rings. The number of carbonyl (C=O) groups is 1. The predicted octanol–water partition coefficient (Wildman–Crippen LogP) is 1.16. The quantitative estimate of drug-likeness (QED) is 0.706. The molecule has 1 saturated heterocycles. The molecule has 19 heavy (non-hydrogen) atoms. The molecule has 0 saturated carbocycles. The summed E-state index contributed by atoms with van der Waals surface area (Å²) in [6.07, 6.45) is 3.66. The summed E-state index contributed by atoms with van der Waals surface area (Å²) in [7, 11) is 1.60. The minimum absolute atomic E-state index is 0.0953. The molecular formula is C14H28N2O3. The van der Waals surface area contributed by atoms with Crippen molar-refractivity contribution in [2.45, 2.75) is 51.2 Å². The van der Waals surface area contributed by atoms with Gasteiger partial charge in [-0.05, 0) is 39.2 Å². The van der Waals surface area contributed by atoms with Crippen LogP contribution in [0.3, 0.4) is 0 Å². The van der Waals surface area contributed by atoms with Gasteiger partial charge in [0.2, 0.25) is 0 Å². The third kappa shape index (κ3) is 4.44. The van der Waals surface area contributed by atoms with Crippen molar-refractivity contribution in [3.05, 3.63) is 0 Å². The molecule has 1 fully saturated rings. The van der Waals surface area contributed by atoms with E-state index in [1.807, 2.05) is 18.7 Å². The molecule has 5 nitrogen and oxygen atoms in total. The smallest absolute Gasteiger partial charge is 0.254 e. The topological polar surface area (TPSA) is 64.8 Å². The lowest BCUT2D eigenvalue weighted by atomic mass is 9.99. The number of likely N-dealkylation sites (tertiary alicyclic amines) is 1. The Hall–Kier alpha value is -0.650. The van der Waals surface area contributed by atoms with Gasteiger partial charge < -0.3 is 20.1 Å². The Morgan fingerprint density at radius 1 is 1.42 bits per heavy atom. The first-order chi connectivity index (χ1) is 9.07. The van der Waals surface area contributed by atoms with E-state index in [0.717, 1.165) is 39.0 Å². The zero-order valence-corrected chi connectivity index (χ0v) is 12.5. The third-order valence-electron chi connectivity index (χ3n) is 4.01. The van der Waals surface area contributed by atoms with E-state index in [2.05, 4.69) is 0 Å². The second-order valence-electron chi connectivity index (χ2n) is 5.29. The van der Waals surface area contributed by atoms with Gasteiger partial charge in [-0.2, -0.15) is 0 Å². The fourth-order valence-corrected chi connectivity index (χ4v) is 2.28. The zero-order chi connectivity index (χ0) is 14.3. The number of hydrogen-bond acceptors (Lipinski definition) is 4. The first-order valence-corrected chi connectivity index (χ1v) is 7.23. The maximum absolute atomic E-state index is 12.4. The average Bonchev–Trinajstić information content (AvgIpc) is 2.46. The van der Waals surface area contributed by atoms with Crippen molar-refractivity contribution >= 4 is 5.91 Å². The second-order valence-corrected chi connectivity index (χ2v) is 5.29. The molecule has 5 heteroatoms. The predicted molar refractivity (Wildman–Crippen MR) is 74.9 cm³/mol. The van der Waals surface area contributed by atoms with E-state index in [-0.39, 0.29) is 12.0 Å². The van der Waals surface area contributed by atoms with Crippen LogP contribution >= 0.6 is 0 Å². The summed E-state index contributed by atoms with van der Waals surface area (Å²) in [4.78, 5) is 14.3. The Balaban J connectivity index is 2.39. The highest BCUT2D eigenvalue weighted by molar-refractivity contribution is 5.84. The summed E-state index contributed by atoms with van der Waals surface area (Å²) < 4.78 is 11.1. The lowest BCUT2D eigenvalue weighted by molar-refractivity contribution is -0.156. The molecule has 1 aliphatic heterocycles. The monoisotopic (exact) mass is 272 g/mol. The van der Waals surface area contributed by atoms with Gasteiger partial charge in [-0.1, -0.05) is 6.92 Å². The number of carbonyl (C=O) groups excluding carboxylic acids is 1. The lowest BCUT2D eigenvalue weighted by Gasteiger charge is -2.37. The van der Waals surface area contributed by atoms with Crippen LogP contribution in [0, 0.1) is 0 Å². The standard InChI is InChI=1S/C14H28N2O3/c1-4-14(2,18-3)13(17)16-9-6-12(7-10-16)19-11-5-8-15/h12H,4-11,15H2,1-3H3. The molecule has 112 valence electrons. The van der Waals surface area contributed by atoms with Crippen molar-refractivity contribution in [3.63, 3.8) is 0 Å². The van der Waals surface area contributed by atoms with Crippen LogP contribution in [0.1, 0.15) is 39.5 Å². The van der Waals surface area contributed by atoms with Crippen molar-refractivity contribution < 1.29 is 14.3 Å². The minimum atomic E-state index is -0.687. The Labute approximate surface area is 116 Å². The van der Waals surface area contributed by atoms with E-state index in [0.29, 0.717) is 13.0 Å². The van der Waals surface area contributed by atoms with Crippen LogP contribution in [0.25, 0.3) is 0 Å². The van der Waals surface area contributed by atoms with Crippen molar-refractivity contribution in [1.82, 2.24) is 4.90 Å². The number of nitrogens with zero attached hydrogens (tertiary/aromatic N) is 1. The van der Waals surface area contributed by atoms with Gasteiger partial charge in [-0.25, -0.2) is 0 Å². The molecule has 1 atom stereocenters. The van der Waals surface area contributed by atoms with E-state index in [9.17, 15) is 4.79 Å². The molecule has 0 bridgehead atoms. The van der Waals surface area contributed by atoms with Crippen LogP contribution in [0.2, 0.25) is 0 Å². The van der Waals surface area contributed by atoms with Gasteiger partial charge in [-0.15, -0.1) is 0 Å². The van der Waals surface area contributed by atoms with E-state index in [4.69, 9.17) is 15.2 Å². The molecule has 0 radical (unpaired) electrons. The molecular weight excluding hydrogens is 244 g/mol. The van der Waals surface area contributed by atoms with Crippen LogP contribution < -0.4 is 5.73 Å². The van der Waals surface area contributed by atoms with Gasteiger partial charge in [0, 0.05) is 26.8 Å². The zero-order valence-electron chi connectivity index (χ0n) is 12.5. The van der Waals surface area contributed by atoms with Crippen LogP contribution in [0.15, 0.2) is 0 Å². The summed E-state index contributed by atoms with van der Waals surface area (Å²) in [5, 5.41) is 0. The number of piperidine rings is 1. The molecule has 1 amide bonds. The largest absolute Gasteiger partial charge is 0.378 e. The molecule has 0 aromatic carbocycles. The summed E-state index contributed by atoms with van der Waals surface area (Å²) in [5.74, 6) is 0.0953. The first kappa shape index (κ1) is 16.4. The molecule has 0 spiro atoms. The normalized spacial score (nSPS) is 20.3. The van der Waals surface area contributed by atoms with Crippen molar-refractivity contribution in [2.75, 3.05) is 33.4 Å². The molecule has 0 aromatic rings. The van der Waals surface area contributed by atoms with Crippen LogP contribution in [-0.4, -0.2) is 55.9 Å². The van der Waals surface area contributed by atoms with E-state index in [1.54, 1.807) is 7.11 Å². The highest BCUT2D eigenvalue weighted by Gasteiger charge is 2.36. The van der Waals surface area contributed by atoms with Gasteiger partial charge in [0.15, 0.2) is 0 Å². The number of nitrogens with two attached hydrogens (primary N) is 1. The summed E-state index contributed by atoms with van der Waals surface area (Å²) in [6.45, 7) is 6.74. The van der Waals surface area contributed by atoms with E-state index in [1.165, 1.54) is 0 Å². The molecule has 1 heterocycles. The number of methoxy groups -OCH3 is 1. The second kappa shape index (κ2) is 7.82. The summed E-state index contributed by atoms with van der Waals surface area (Å²) >= 11 is 0. The molecule has 0 aromatic heterocycles. The van der Waals surface area contributed by atoms with Crippen LogP contribution in [0.4, 0.5) is 0 Å². The van der Waals surface area contributed by atoms with Gasteiger partial charge in [-0.3, -0.25) is 4.79 Å². The number of rotatable bonds is 7. The maximum Gasteiger partial charge on any atom is 0.254 e. The molecule has 2 N–H and O–H groups in total. The van der Waals surface area contributed by atoms with E-state index < -0.39 is 5.60 Å². The minimum Gasteiger partial charge on any atom is -0.378 e. The van der Waals surface area contributed by atoms with E-state index >= 15 is 0 Å². The average molecular weight is 272 g/mol. The Morgan fingerprint density at radius 3 is 2.53 bits per heavy atom. The lowest BCUT2D eigenvalue weighted by Crippen LogP contribution is -2.51. The van der Waals surface area contributed by atoms with Crippen LogP contribution in [0.5, 0.6) is 0 Å². The van der Waals surface area contributed by atoms with Gasteiger partial charge >= 0.3 is 0 Å². The van der Waals surface area contributed by atoms with Gasteiger partial charge in [0.05, 0.1) is 6.10 Å². The summed E-state index contributed by atoms with van der Waals surface area (Å²) in [6, 6.07) is 0. The maximum atomic E-state index is 12.4. The first-order valence-electron chi connectivity index (χ1n) is 7.23. The number of ether oxygens (including phenoxy) is 2. The summed E-state index contributed by atoms with van der Waals surface area (Å²) in [5.41, 5.74) is 4.75.